The highest BCUT2D eigenvalue weighted by atomic mass is 19.1. The molecule has 0 aliphatic carbocycles. The van der Waals surface area contributed by atoms with Crippen LogP contribution in [0.2, 0.25) is 0 Å². The van der Waals surface area contributed by atoms with Gasteiger partial charge in [0.1, 0.15) is 0 Å². The number of benzene rings is 1. The SMILES string of the molecule is NOCc1ccc(CCCF)cc1. The Labute approximate surface area is 77.5 Å². The minimum Gasteiger partial charge on any atom is -0.300 e. The molecule has 1 rings (SSSR count). The van der Waals surface area contributed by atoms with Crippen LogP contribution in [0.15, 0.2) is 24.3 Å². The maximum absolute atomic E-state index is 11.8. The second-order valence-corrected chi connectivity index (χ2v) is 2.92. The fraction of sp³-hybridized carbons (Fsp3) is 0.400. The molecule has 0 saturated heterocycles. The van der Waals surface area contributed by atoms with Crippen molar-refractivity contribution < 1.29 is 9.23 Å². The average molecular weight is 183 g/mol. The van der Waals surface area contributed by atoms with E-state index >= 15 is 0 Å². The number of hydrogen-bond acceptors (Lipinski definition) is 2. The van der Waals surface area contributed by atoms with Crippen molar-refractivity contribution in [1.29, 1.82) is 0 Å². The summed E-state index contributed by atoms with van der Waals surface area (Å²) in [5.41, 5.74) is 2.19. The lowest BCUT2D eigenvalue weighted by Gasteiger charge is -2.01. The molecule has 0 fully saturated rings. The van der Waals surface area contributed by atoms with Crippen molar-refractivity contribution in [1.82, 2.24) is 0 Å². The third-order valence-corrected chi connectivity index (χ3v) is 1.87. The van der Waals surface area contributed by atoms with Gasteiger partial charge in [0, 0.05) is 0 Å². The molecular weight excluding hydrogens is 169 g/mol. The first-order valence-electron chi connectivity index (χ1n) is 4.32. The maximum atomic E-state index is 11.8. The van der Waals surface area contributed by atoms with Gasteiger partial charge in [-0.05, 0) is 24.0 Å². The molecule has 3 heteroatoms. The zero-order chi connectivity index (χ0) is 9.52. The minimum absolute atomic E-state index is 0.256. The van der Waals surface area contributed by atoms with Crippen molar-refractivity contribution in [2.75, 3.05) is 6.67 Å². The zero-order valence-corrected chi connectivity index (χ0v) is 7.50. The van der Waals surface area contributed by atoms with E-state index in [1.165, 1.54) is 0 Å². The molecule has 0 aromatic heterocycles. The van der Waals surface area contributed by atoms with Crippen LogP contribution in [-0.2, 0) is 17.9 Å². The van der Waals surface area contributed by atoms with Gasteiger partial charge in [-0.2, -0.15) is 0 Å². The Kier molecular flexibility index (Phi) is 4.43. The Morgan fingerprint density at radius 1 is 1.15 bits per heavy atom. The predicted molar refractivity (Wildman–Crippen MR) is 49.7 cm³/mol. The van der Waals surface area contributed by atoms with Gasteiger partial charge >= 0.3 is 0 Å². The molecule has 72 valence electrons. The lowest BCUT2D eigenvalue weighted by Crippen LogP contribution is -1.98. The zero-order valence-electron chi connectivity index (χ0n) is 7.50. The number of aryl methyl sites for hydroxylation is 1. The first kappa shape index (κ1) is 10.2. The van der Waals surface area contributed by atoms with Crippen LogP contribution in [0.5, 0.6) is 0 Å². The van der Waals surface area contributed by atoms with Crippen LogP contribution in [0.4, 0.5) is 4.39 Å². The minimum atomic E-state index is -0.256. The van der Waals surface area contributed by atoms with Crippen molar-refractivity contribution >= 4 is 0 Å². The van der Waals surface area contributed by atoms with E-state index in [4.69, 9.17) is 5.90 Å². The van der Waals surface area contributed by atoms with E-state index in [0.29, 0.717) is 13.0 Å². The lowest BCUT2D eigenvalue weighted by atomic mass is 10.1. The molecule has 0 aliphatic heterocycles. The van der Waals surface area contributed by atoms with Gasteiger partial charge in [-0.1, -0.05) is 24.3 Å². The number of rotatable bonds is 5. The molecule has 0 radical (unpaired) electrons. The number of halogens is 1. The molecule has 2 nitrogen and oxygen atoms in total. The molecule has 0 heterocycles. The molecule has 0 bridgehead atoms. The summed E-state index contributed by atoms with van der Waals surface area (Å²) in [7, 11) is 0. The summed E-state index contributed by atoms with van der Waals surface area (Å²) in [6, 6.07) is 7.84. The van der Waals surface area contributed by atoms with Crippen molar-refractivity contribution in [2.24, 2.45) is 5.90 Å². The lowest BCUT2D eigenvalue weighted by molar-refractivity contribution is 0.124. The van der Waals surface area contributed by atoms with Gasteiger partial charge in [-0.25, -0.2) is 5.90 Å². The van der Waals surface area contributed by atoms with Gasteiger partial charge in [-0.3, -0.25) is 9.23 Å². The number of alkyl halides is 1. The summed E-state index contributed by atoms with van der Waals surface area (Å²) < 4.78 is 11.8. The smallest absolute Gasteiger partial charge is 0.0930 e. The van der Waals surface area contributed by atoms with E-state index in [2.05, 4.69) is 4.84 Å². The van der Waals surface area contributed by atoms with E-state index in [9.17, 15) is 4.39 Å². The molecule has 0 unspecified atom stereocenters. The van der Waals surface area contributed by atoms with Crippen molar-refractivity contribution in [2.45, 2.75) is 19.4 Å². The fourth-order valence-electron chi connectivity index (χ4n) is 1.17. The molecule has 1 aromatic rings. The van der Waals surface area contributed by atoms with Crippen molar-refractivity contribution in [3.05, 3.63) is 35.4 Å². The van der Waals surface area contributed by atoms with E-state index < -0.39 is 0 Å². The normalized spacial score (nSPS) is 10.3. The van der Waals surface area contributed by atoms with Crippen molar-refractivity contribution in [3.63, 3.8) is 0 Å². The van der Waals surface area contributed by atoms with Gasteiger partial charge < -0.3 is 0 Å². The van der Waals surface area contributed by atoms with E-state index in [1.54, 1.807) is 0 Å². The van der Waals surface area contributed by atoms with Crippen molar-refractivity contribution in [3.8, 4) is 0 Å². The Balaban J connectivity index is 2.48. The van der Waals surface area contributed by atoms with Crippen LogP contribution in [0, 0.1) is 0 Å². The first-order chi connectivity index (χ1) is 6.36. The Morgan fingerprint density at radius 3 is 2.31 bits per heavy atom. The van der Waals surface area contributed by atoms with Crippen LogP contribution in [0.3, 0.4) is 0 Å². The van der Waals surface area contributed by atoms with Crippen LogP contribution >= 0.6 is 0 Å². The summed E-state index contributed by atoms with van der Waals surface area (Å²) in [5.74, 6) is 4.93. The van der Waals surface area contributed by atoms with Gasteiger partial charge in [0.05, 0.1) is 13.3 Å². The summed E-state index contributed by atoms with van der Waals surface area (Å²) in [6.45, 7) is 0.164. The molecule has 0 saturated carbocycles. The first-order valence-corrected chi connectivity index (χ1v) is 4.32. The van der Waals surface area contributed by atoms with Crippen LogP contribution in [0.25, 0.3) is 0 Å². The predicted octanol–water partition coefficient (Wildman–Crippen LogP) is 1.98. The summed E-state index contributed by atoms with van der Waals surface area (Å²) in [5, 5.41) is 0. The van der Waals surface area contributed by atoms with E-state index in [-0.39, 0.29) is 6.67 Å². The topological polar surface area (TPSA) is 35.2 Å². The quantitative estimate of drug-likeness (QED) is 0.708. The monoisotopic (exact) mass is 183 g/mol. The average Bonchev–Trinajstić information content (AvgIpc) is 2.17. The van der Waals surface area contributed by atoms with Crippen LogP contribution < -0.4 is 5.90 Å². The third-order valence-electron chi connectivity index (χ3n) is 1.87. The van der Waals surface area contributed by atoms with Crippen LogP contribution in [-0.4, -0.2) is 6.67 Å². The summed E-state index contributed by atoms with van der Waals surface area (Å²) >= 11 is 0. The third kappa shape index (κ3) is 3.53. The van der Waals surface area contributed by atoms with Gasteiger partial charge in [0.15, 0.2) is 0 Å². The molecular formula is C10H14FNO. The Hall–Kier alpha value is -0.930. The standard InChI is InChI=1S/C10H14FNO/c11-7-1-2-9-3-5-10(6-4-9)8-13-12/h3-6H,1-2,7-8,12H2. The van der Waals surface area contributed by atoms with Gasteiger partial charge in [0.25, 0.3) is 0 Å². The van der Waals surface area contributed by atoms with E-state index in [1.807, 2.05) is 24.3 Å². The van der Waals surface area contributed by atoms with Gasteiger partial charge in [-0.15, -0.1) is 0 Å². The molecule has 1 aromatic carbocycles. The molecule has 13 heavy (non-hydrogen) atoms. The Morgan fingerprint density at radius 2 is 1.77 bits per heavy atom. The highest BCUT2D eigenvalue weighted by Gasteiger charge is 1.94. The highest BCUT2D eigenvalue weighted by molar-refractivity contribution is 5.22. The van der Waals surface area contributed by atoms with E-state index in [0.717, 1.165) is 17.5 Å². The number of hydrogen-bond donors (Lipinski definition) is 1. The maximum Gasteiger partial charge on any atom is 0.0930 e. The molecule has 0 amide bonds. The van der Waals surface area contributed by atoms with Crippen LogP contribution in [0.1, 0.15) is 17.5 Å². The molecule has 0 aliphatic rings. The second kappa shape index (κ2) is 5.67. The summed E-state index contributed by atoms with van der Waals surface area (Å²) in [6.07, 6.45) is 1.38. The molecule has 0 atom stereocenters. The highest BCUT2D eigenvalue weighted by Crippen LogP contribution is 2.07. The fourth-order valence-corrected chi connectivity index (χ4v) is 1.17. The number of nitrogens with two attached hydrogens (primary N) is 1. The largest absolute Gasteiger partial charge is 0.300 e. The molecule has 0 spiro atoms. The summed E-state index contributed by atoms with van der Waals surface area (Å²) in [4.78, 5) is 4.49. The molecule has 2 N–H and O–H groups in total. The second-order valence-electron chi connectivity index (χ2n) is 2.92. The van der Waals surface area contributed by atoms with Gasteiger partial charge in [0.2, 0.25) is 0 Å². The Bertz CT molecular complexity index is 235.